The topological polar surface area (TPSA) is 67.1 Å². The van der Waals surface area contributed by atoms with E-state index in [1.165, 1.54) is 5.57 Å². The second kappa shape index (κ2) is 11.3. The summed E-state index contributed by atoms with van der Waals surface area (Å²) in [6.07, 6.45) is 5.88. The number of amides is 1. The van der Waals surface area contributed by atoms with E-state index in [1.807, 2.05) is 9.80 Å². The first-order valence-corrected chi connectivity index (χ1v) is 14.6. The van der Waals surface area contributed by atoms with Crippen molar-refractivity contribution in [3.8, 4) is 0 Å². The molecule has 1 spiro atoms. The Labute approximate surface area is 226 Å². The van der Waals surface area contributed by atoms with Gasteiger partial charge in [-0.15, -0.1) is 0 Å². The van der Waals surface area contributed by atoms with Crippen LogP contribution in [0, 0.1) is 17.8 Å². The van der Waals surface area contributed by atoms with Gasteiger partial charge in [-0.25, -0.2) is 13.6 Å². The first-order valence-electron chi connectivity index (χ1n) is 14.6. The summed E-state index contributed by atoms with van der Waals surface area (Å²) in [6, 6.07) is 0. The van der Waals surface area contributed by atoms with Crippen LogP contribution in [0.15, 0.2) is 11.6 Å². The van der Waals surface area contributed by atoms with E-state index in [0.717, 1.165) is 58.0 Å². The van der Waals surface area contributed by atoms with Crippen molar-refractivity contribution in [2.24, 2.45) is 17.8 Å². The zero-order valence-electron chi connectivity index (χ0n) is 23.5. The van der Waals surface area contributed by atoms with Crippen LogP contribution in [0.2, 0.25) is 0 Å². The van der Waals surface area contributed by atoms with Crippen LogP contribution in [0.5, 0.6) is 0 Å². The molecule has 1 saturated carbocycles. The predicted octanol–water partition coefficient (Wildman–Crippen LogP) is 4.89. The van der Waals surface area contributed by atoms with E-state index in [2.05, 4.69) is 26.8 Å². The SMILES string of the molecule is CO[C@H]1C([C@@]2(C)O[C@@H]2CC=C(C)C)[C@]2(CC[C@H]1OC(=O)N1CCC(CCC3CN(CC(F)F)C3)CC1)CO2. The quantitative estimate of drug-likeness (QED) is 0.290. The Morgan fingerprint density at radius 2 is 1.82 bits per heavy atom. The predicted molar refractivity (Wildman–Crippen MR) is 139 cm³/mol. The maximum absolute atomic E-state index is 13.2. The number of hydrogen-bond acceptors (Lipinski definition) is 6. The molecule has 216 valence electrons. The molecule has 1 aliphatic carbocycles. The van der Waals surface area contributed by atoms with Crippen molar-refractivity contribution in [3.05, 3.63) is 11.6 Å². The minimum absolute atomic E-state index is 0.0240. The number of carbonyl (C=O) groups is 1. The molecule has 4 aliphatic heterocycles. The normalized spacial score (nSPS) is 37.8. The lowest BCUT2D eigenvalue weighted by atomic mass is 9.68. The van der Waals surface area contributed by atoms with Crippen molar-refractivity contribution >= 4 is 6.09 Å². The fourth-order valence-electron chi connectivity index (χ4n) is 7.35. The molecule has 38 heavy (non-hydrogen) atoms. The third-order valence-corrected chi connectivity index (χ3v) is 9.77. The average Bonchev–Trinajstić information content (AvgIpc) is 3.77. The number of halogens is 2. The molecule has 1 amide bonds. The van der Waals surface area contributed by atoms with E-state index in [1.54, 1.807) is 7.11 Å². The zero-order chi connectivity index (χ0) is 27.1. The van der Waals surface area contributed by atoms with Gasteiger partial charge in [0.25, 0.3) is 6.43 Å². The summed E-state index contributed by atoms with van der Waals surface area (Å²) in [4.78, 5) is 16.9. The van der Waals surface area contributed by atoms with Crippen LogP contribution in [-0.2, 0) is 18.9 Å². The van der Waals surface area contributed by atoms with Crippen molar-refractivity contribution in [1.29, 1.82) is 0 Å². The highest BCUT2D eigenvalue weighted by Gasteiger charge is 2.72. The third-order valence-electron chi connectivity index (χ3n) is 9.77. The smallest absolute Gasteiger partial charge is 0.410 e. The van der Waals surface area contributed by atoms with Crippen LogP contribution >= 0.6 is 0 Å². The molecule has 7 nitrogen and oxygen atoms in total. The number of epoxide rings is 2. The van der Waals surface area contributed by atoms with Crippen molar-refractivity contribution in [3.63, 3.8) is 0 Å². The molecule has 5 fully saturated rings. The second-order valence-corrected chi connectivity index (χ2v) is 12.8. The fraction of sp³-hybridized carbons (Fsp3) is 0.897. The monoisotopic (exact) mass is 540 g/mol. The average molecular weight is 541 g/mol. The molecule has 6 atom stereocenters. The lowest BCUT2D eigenvalue weighted by Gasteiger charge is -2.43. The summed E-state index contributed by atoms with van der Waals surface area (Å²) in [7, 11) is 1.71. The summed E-state index contributed by atoms with van der Waals surface area (Å²) < 4.78 is 49.4. The van der Waals surface area contributed by atoms with Crippen molar-refractivity contribution in [2.75, 3.05) is 46.4 Å². The Balaban J connectivity index is 1.09. The molecule has 0 bridgehead atoms. The number of rotatable bonds is 10. The van der Waals surface area contributed by atoms with Gasteiger partial charge >= 0.3 is 6.09 Å². The highest BCUT2D eigenvalue weighted by atomic mass is 19.3. The van der Waals surface area contributed by atoms with Crippen molar-refractivity contribution < 1.29 is 32.5 Å². The highest BCUT2D eigenvalue weighted by molar-refractivity contribution is 5.68. The van der Waals surface area contributed by atoms with E-state index >= 15 is 0 Å². The number of piperidine rings is 1. The molecule has 0 radical (unpaired) electrons. The summed E-state index contributed by atoms with van der Waals surface area (Å²) in [6.45, 7) is 9.98. The van der Waals surface area contributed by atoms with Gasteiger partial charge in [0, 0.05) is 33.3 Å². The van der Waals surface area contributed by atoms with Crippen LogP contribution < -0.4 is 0 Å². The molecule has 0 aromatic carbocycles. The number of hydrogen-bond donors (Lipinski definition) is 0. The molecule has 9 heteroatoms. The standard InChI is InChI=1S/C29H46F2N2O5/c1-19(2)5-8-23-28(3,38-23)26-25(35-4)22(9-12-29(26)18-36-29)37-27(34)33-13-10-20(11-14-33)6-7-21-15-32(16-21)17-24(30)31/h5,20-26H,6-18H2,1-4H3/t22-,23-,25-,26?,28+,29+/m1/s1. The molecular weight excluding hydrogens is 494 g/mol. The zero-order valence-corrected chi connectivity index (χ0v) is 23.5. The Bertz CT molecular complexity index is 865. The summed E-state index contributed by atoms with van der Waals surface area (Å²) in [5.41, 5.74) is 0.707. The van der Waals surface area contributed by atoms with Crippen LogP contribution in [0.3, 0.4) is 0 Å². The summed E-state index contributed by atoms with van der Waals surface area (Å²) in [5, 5.41) is 0. The first kappa shape index (κ1) is 28.2. The molecule has 5 rings (SSSR count). The first-order chi connectivity index (χ1) is 18.1. The molecule has 0 aromatic heterocycles. The maximum Gasteiger partial charge on any atom is 0.410 e. The number of allylic oxidation sites excluding steroid dienone is 1. The van der Waals surface area contributed by atoms with Crippen LogP contribution in [0.1, 0.15) is 65.7 Å². The fourth-order valence-corrected chi connectivity index (χ4v) is 7.35. The number of ether oxygens (including phenoxy) is 4. The van der Waals surface area contributed by atoms with Gasteiger partial charge in [-0.1, -0.05) is 11.6 Å². The second-order valence-electron chi connectivity index (χ2n) is 12.8. The highest BCUT2D eigenvalue weighted by Crippen LogP contribution is 2.59. The van der Waals surface area contributed by atoms with Crippen LogP contribution in [0.4, 0.5) is 13.6 Å². The van der Waals surface area contributed by atoms with Gasteiger partial charge in [-0.3, -0.25) is 4.90 Å². The Kier molecular flexibility index (Phi) is 8.40. The molecule has 5 aliphatic rings. The van der Waals surface area contributed by atoms with Crippen LogP contribution in [0.25, 0.3) is 0 Å². The largest absolute Gasteiger partial charge is 0.443 e. The number of carbonyl (C=O) groups excluding carboxylic acids is 1. The number of nitrogens with zero attached hydrogens (tertiary/aromatic N) is 2. The number of likely N-dealkylation sites (tertiary alicyclic amines) is 2. The maximum atomic E-state index is 13.2. The van der Waals surface area contributed by atoms with Crippen molar-refractivity contribution in [1.82, 2.24) is 9.80 Å². The summed E-state index contributed by atoms with van der Waals surface area (Å²) >= 11 is 0. The number of alkyl halides is 2. The third kappa shape index (κ3) is 6.06. The van der Waals surface area contributed by atoms with E-state index in [0.29, 0.717) is 31.5 Å². The van der Waals surface area contributed by atoms with Crippen LogP contribution in [-0.4, -0.2) is 98.3 Å². The van der Waals surface area contributed by atoms with Gasteiger partial charge < -0.3 is 23.8 Å². The van der Waals surface area contributed by atoms with E-state index < -0.39 is 6.43 Å². The lowest BCUT2D eigenvalue weighted by Crippen LogP contribution is -2.56. The van der Waals surface area contributed by atoms with E-state index in [-0.39, 0.29) is 48.1 Å². The van der Waals surface area contributed by atoms with Gasteiger partial charge in [0.05, 0.1) is 25.2 Å². The molecule has 4 saturated heterocycles. The number of methoxy groups -OCH3 is 1. The molecule has 0 aromatic rings. The Morgan fingerprint density at radius 1 is 1.13 bits per heavy atom. The Hall–Kier alpha value is -1.29. The molecular formula is C29H46F2N2O5. The minimum Gasteiger partial charge on any atom is -0.443 e. The lowest BCUT2D eigenvalue weighted by molar-refractivity contribution is -0.122. The van der Waals surface area contributed by atoms with Gasteiger partial charge in [0.1, 0.15) is 23.4 Å². The molecule has 1 unspecified atom stereocenters. The van der Waals surface area contributed by atoms with Gasteiger partial charge in [0.15, 0.2) is 0 Å². The Morgan fingerprint density at radius 3 is 2.42 bits per heavy atom. The van der Waals surface area contributed by atoms with Gasteiger partial charge in [0.2, 0.25) is 0 Å². The van der Waals surface area contributed by atoms with Gasteiger partial charge in [-0.05, 0) is 77.6 Å². The minimum atomic E-state index is -2.24. The van der Waals surface area contributed by atoms with E-state index in [9.17, 15) is 13.6 Å². The molecule has 0 N–H and O–H groups in total. The van der Waals surface area contributed by atoms with Gasteiger partial charge in [-0.2, -0.15) is 0 Å². The molecule has 4 heterocycles. The summed E-state index contributed by atoms with van der Waals surface area (Å²) in [5.74, 6) is 1.15. The van der Waals surface area contributed by atoms with Crippen molar-refractivity contribution in [2.45, 2.75) is 102 Å². The van der Waals surface area contributed by atoms with E-state index in [4.69, 9.17) is 18.9 Å².